The number of aliphatic hydroxyl groups is 1. The average molecular weight is 726 g/mol. The summed E-state index contributed by atoms with van der Waals surface area (Å²) in [5.41, 5.74) is -0.0397. The standard InChI is InChI=1S/C37H44ClN3O10/c1-20-9-8-10-29(48-7)37(46)19-28(49-35(45)40-37)21(2)33-36(4,51-33)30(50-34(44)39-25-13-11-24(12-14-25)22(3)42)18-31(43)41(5)26-16-23(15-20)17-27(47-6)32(26)38/h8-14,16-17,21,28-30,33,46H,15,18-19H2,1-7H3,(H,39,44)(H,40,45)/b10-8+,20-9+/t21-,28+,29-,30+,33+,36+,37+/m1/s1. The Morgan fingerprint density at radius 3 is 2.51 bits per heavy atom. The number of allylic oxidation sites excluding steroid dienone is 3. The number of alkyl carbamates (subject to hydrolysis) is 1. The quantitative estimate of drug-likeness (QED) is 0.262. The molecule has 0 aliphatic carbocycles. The van der Waals surface area contributed by atoms with Gasteiger partial charge >= 0.3 is 12.2 Å². The second-order valence-electron chi connectivity index (χ2n) is 13.5. The number of methoxy groups -OCH3 is 2. The van der Waals surface area contributed by atoms with Crippen LogP contribution in [0.25, 0.3) is 0 Å². The highest BCUT2D eigenvalue weighted by Crippen LogP contribution is 2.49. The van der Waals surface area contributed by atoms with Crippen LogP contribution in [0.2, 0.25) is 5.02 Å². The number of amides is 3. The number of Topliss-reactive ketones (excluding diaryl/α,β-unsaturated/α-hetero) is 1. The molecule has 3 aliphatic heterocycles. The first-order valence-corrected chi connectivity index (χ1v) is 16.9. The minimum absolute atomic E-state index is 0.0462. The third kappa shape index (κ3) is 8.22. The highest BCUT2D eigenvalue weighted by molar-refractivity contribution is 6.35. The number of ether oxygens (including phenoxy) is 5. The summed E-state index contributed by atoms with van der Waals surface area (Å²) in [4.78, 5) is 53.2. The zero-order valence-corrected chi connectivity index (χ0v) is 30.4. The molecule has 2 fully saturated rings. The molecule has 3 amide bonds. The second kappa shape index (κ2) is 15.0. The van der Waals surface area contributed by atoms with Gasteiger partial charge in [0.1, 0.15) is 34.7 Å². The minimum Gasteiger partial charge on any atom is -0.495 e. The Labute approximate surface area is 301 Å². The van der Waals surface area contributed by atoms with E-state index in [1.807, 2.05) is 13.0 Å². The number of carbonyl (C=O) groups is 4. The fourth-order valence-corrected chi connectivity index (χ4v) is 6.98. The van der Waals surface area contributed by atoms with Crippen LogP contribution in [0.3, 0.4) is 0 Å². The minimum atomic E-state index is -1.82. The lowest BCUT2D eigenvalue weighted by atomic mass is 9.83. The molecule has 0 aromatic heterocycles. The summed E-state index contributed by atoms with van der Waals surface area (Å²) in [7, 11) is 4.49. The topological polar surface area (TPSA) is 165 Å². The van der Waals surface area contributed by atoms with Gasteiger partial charge in [0.2, 0.25) is 5.91 Å². The van der Waals surface area contributed by atoms with Crippen molar-refractivity contribution >= 4 is 46.9 Å². The largest absolute Gasteiger partial charge is 0.495 e. The fourth-order valence-electron chi connectivity index (χ4n) is 6.67. The number of fused-ring (bicyclic) bond motifs is 5. The predicted molar refractivity (Wildman–Crippen MR) is 189 cm³/mol. The summed E-state index contributed by atoms with van der Waals surface area (Å²) in [5.74, 6) is -0.700. The van der Waals surface area contributed by atoms with Gasteiger partial charge in [0.25, 0.3) is 0 Å². The van der Waals surface area contributed by atoms with Crippen molar-refractivity contribution in [3.63, 3.8) is 0 Å². The van der Waals surface area contributed by atoms with E-state index >= 15 is 0 Å². The molecule has 13 nitrogen and oxygen atoms in total. The number of nitrogens with one attached hydrogen (secondary N) is 2. The van der Waals surface area contributed by atoms with Gasteiger partial charge in [0, 0.05) is 37.7 Å². The van der Waals surface area contributed by atoms with E-state index in [-0.39, 0.29) is 23.6 Å². The van der Waals surface area contributed by atoms with Crippen molar-refractivity contribution in [1.82, 2.24) is 5.32 Å². The molecule has 274 valence electrons. The molecule has 51 heavy (non-hydrogen) atoms. The van der Waals surface area contributed by atoms with Gasteiger partial charge < -0.3 is 33.7 Å². The fraction of sp³-hybridized carbons (Fsp3) is 0.459. The molecule has 7 atom stereocenters. The number of epoxide rings is 1. The number of carbonyl (C=O) groups excluding carboxylic acids is 4. The Hall–Kier alpha value is -4.43. The smallest absolute Gasteiger partial charge is 0.412 e. The molecular weight excluding hydrogens is 682 g/mol. The Kier molecular flexibility index (Phi) is 11.2. The van der Waals surface area contributed by atoms with E-state index in [9.17, 15) is 24.3 Å². The van der Waals surface area contributed by atoms with Crippen LogP contribution in [0.1, 0.15) is 56.5 Å². The van der Waals surface area contributed by atoms with E-state index in [1.54, 1.807) is 69.4 Å². The van der Waals surface area contributed by atoms with Crippen LogP contribution in [-0.2, 0) is 30.2 Å². The Morgan fingerprint density at radius 1 is 1.16 bits per heavy atom. The van der Waals surface area contributed by atoms with Crippen molar-refractivity contribution in [2.24, 2.45) is 5.92 Å². The van der Waals surface area contributed by atoms with Crippen molar-refractivity contribution in [3.05, 3.63) is 76.3 Å². The SMILES string of the molecule is COc1cc2cc(c1Cl)N(C)C(=O)C[C@H](OC(=O)Nc1ccc(C(C)=O)cc1)[C@]1(C)O[C@H]1[C@H](C)[C@@H]1C[C@@](O)(NC(=O)O1)[C@H](OC)/C=C/C=C(\C)C2. The zero-order valence-electron chi connectivity index (χ0n) is 29.7. The second-order valence-corrected chi connectivity index (χ2v) is 13.8. The molecule has 4 bridgehead atoms. The van der Waals surface area contributed by atoms with Crippen molar-refractivity contribution in [3.8, 4) is 5.75 Å². The summed E-state index contributed by atoms with van der Waals surface area (Å²) in [6.07, 6.45) is 0.130. The van der Waals surface area contributed by atoms with Gasteiger partial charge in [-0.15, -0.1) is 0 Å². The van der Waals surface area contributed by atoms with Gasteiger partial charge in [-0.2, -0.15) is 0 Å². The molecule has 0 radical (unpaired) electrons. The number of hydrogen-bond donors (Lipinski definition) is 3. The number of nitrogens with zero attached hydrogens (tertiary/aromatic N) is 1. The third-order valence-electron chi connectivity index (χ3n) is 9.74. The number of benzene rings is 2. The van der Waals surface area contributed by atoms with E-state index in [2.05, 4.69) is 10.6 Å². The summed E-state index contributed by atoms with van der Waals surface area (Å²) < 4.78 is 28.9. The van der Waals surface area contributed by atoms with Crippen LogP contribution >= 0.6 is 11.6 Å². The van der Waals surface area contributed by atoms with E-state index < -0.39 is 59.8 Å². The third-order valence-corrected chi connectivity index (χ3v) is 10.1. The van der Waals surface area contributed by atoms with Crippen molar-refractivity contribution in [2.45, 2.75) is 82.7 Å². The van der Waals surface area contributed by atoms with Gasteiger partial charge in [0.15, 0.2) is 11.5 Å². The maximum atomic E-state index is 14.0. The molecule has 0 saturated carbocycles. The molecule has 5 rings (SSSR count). The van der Waals surface area contributed by atoms with Crippen LogP contribution in [0, 0.1) is 5.92 Å². The van der Waals surface area contributed by atoms with Gasteiger partial charge in [0.05, 0.1) is 25.3 Å². The van der Waals surface area contributed by atoms with Crippen molar-refractivity contribution < 1.29 is 48.0 Å². The molecule has 3 N–H and O–H groups in total. The van der Waals surface area contributed by atoms with Crippen LogP contribution < -0.4 is 20.3 Å². The lowest BCUT2D eigenvalue weighted by Gasteiger charge is -2.42. The van der Waals surface area contributed by atoms with Crippen LogP contribution in [0.4, 0.5) is 21.0 Å². The van der Waals surface area contributed by atoms with Crippen molar-refractivity contribution in [1.29, 1.82) is 0 Å². The molecule has 14 heteroatoms. The number of halogens is 1. The van der Waals surface area contributed by atoms with Crippen LogP contribution in [0.15, 0.2) is 60.2 Å². The lowest BCUT2D eigenvalue weighted by Crippen LogP contribution is -2.63. The lowest BCUT2D eigenvalue weighted by molar-refractivity contribution is -0.142. The van der Waals surface area contributed by atoms with E-state index in [4.69, 9.17) is 35.3 Å². The number of rotatable bonds is 5. The van der Waals surface area contributed by atoms with E-state index in [0.717, 1.165) is 11.1 Å². The van der Waals surface area contributed by atoms with Crippen LogP contribution in [-0.4, -0.2) is 86.0 Å². The number of anilines is 2. The highest BCUT2D eigenvalue weighted by atomic mass is 35.5. The highest BCUT2D eigenvalue weighted by Gasteiger charge is 2.64. The monoisotopic (exact) mass is 725 g/mol. The molecule has 0 spiro atoms. The molecule has 0 unspecified atom stereocenters. The number of hydrogen-bond acceptors (Lipinski definition) is 10. The molecule has 3 heterocycles. The van der Waals surface area contributed by atoms with Crippen LogP contribution in [0.5, 0.6) is 5.75 Å². The Balaban J connectivity index is 1.52. The van der Waals surface area contributed by atoms with E-state index in [1.165, 1.54) is 26.0 Å². The van der Waals surface area contributed by atoms with Gasteiger partial charge in [-0.3, -0.25) is 20.2 Å². The molecule has 2 saturated heterocycles. The first-order chi connectivity index (χ1) is 24.1. The van der Waals surface area contributed by atoms with Gasteiger partial charge in [-0.1, -0.05) is 42.3 Å². The zero-order chi connectivity index (χ0) is 37.2. The Morgan fingerprint density at radius 2 is 1.86 bits per heavy atom. The average Bonchev–Trinajstić information content (AvgIpc) is 3.77. The summed E-state index contributed by atoms with van der Waals surface area (Å²) >= 11 is 6.73. The maximum absolute atomic E-state index is 14.0. The number of ketones is 1. The first-order valence-electron chi connectivity index (χ1n) is 16.6. The predicted octanol–water partition coefficient (Wildman–Crippen LogP) is 5.58. The molecule has 2 aromatic carbocycles. The summed E-state index contributed by atoms with van der Waals surface area (Å²) in [6.45, 7) is 6.87. The molecule has 2 aromatic rings. The Bertz CT molecular complexity index is 1750. The van der Waals surface area contributed by atoms with E-state index in [0.29, 0.717) is 29.1 Å². The van der Waals surface area contributed by atoms with Gasteiger partial charge in [-0.25, -0.2) is 9.59 Å². The van der Waals surface area contributed by atoms with Crippen molar-refractivity contribution in [2.75, 3.05) is 31.5 Å². The first kappa shape index (κ1) is 37.8. The summed E-state index contributed by atoms with van der Waals surface area (Å²) in [5, 5.41) is 17.1. The summed E-state index contributed by atoms with van der Waals surface area (Å²) in [6, 6.07) is 9.87. The van der Waals surface area contributed by atoms with Gasteiger partial charge in [-0.05, 0) is 69.2 Å². The maximum Gasteiger partial charge on any atom is 0.412 e. The molecule has 3 aliphatic rings. The molecular formula is C37H44ClN3O10. The normalized spacial score (nSPS) is 31.2.